The first-order chi connectivity index (χ1) is 8.16. The molecule has 0 aliphatic heterocycles. The molecule has 0 saturated heterocycles. The molecule has 2 N–H and O–H groups in total. The molecule has 2 aromatic rings. The Morgan fingerprint density at radius 3 is 3.00 bits per heavy atom. The Kier molecular flexibility index (Phi) is 2.99. The van der Waals surface area contributed by atoms with Gasteiger partial charge in [-0.2, -0.15) is 0 Å². The van der Waals surface area contributed by atoms with Gasteiger partial charge in [-0.15, -0.1) is 0 Å². The van der Waals surface area contributed by atoms with E-state index in [4.69, 9.17) is 0 Å². The number of hydrogen-bond acceptors (Lipinski definition) is 4. The number of H-pyrrole nitrogens is 1. The van der Waals surface area contributed by atoms with Crippen molar-refractivity contribution in [1.29, 1.82) is 0 Å². The quantitative estimate of drug-likeness (QED) is 0.628. The van der Waals surface area contributed by atoms with Crippen LogP contribution in [0.25, 0.3) is 0 Å². The average Bonchev–Trinajstić information content (AvgIpc) is 2.80. The molecule has 6 nitrogen and oxygen atoms in total. The molecule has 0 atom stereocenters. The van der Waals surface area contributed by atoms with Crippen LogP contribution in [0.15, 0.2) is 30.7 Å². The van der Waals surface area contributed by atoms with Gasteiger partial charge in [0.15, 0.2) is 0 Å². The van der Waals surface area contributed by atoms with Crippen LogP contribution in [0.2, 0.25) is 0 Å². The number of benzene rings is 1. The van der Waals surface area contributed by atoms with Crippen LogP contribution in [-0.2, 0) is 6.54 Å². The first-order valence-electron chi connectivity index (χ1n) is 4.82. The predicted molar refractivity (Wildman–Crippen MR) is 59.0 cm³/mol. The van der Waals surface area contributed by atoms with Crippen LogP contribution in [0.5, 0.6) is 0 Å². The number of halogens is 1. The Morgan fingerprint density at radius 2 is 2.35 bits per heavy atom. The minimum atomic E-state index is -0.569. The number of aromatic nitrogens is 2. The van der Waals surface area contributed by atoms with E-state index < -0.39 is 10.7 Å². The third kappa shape index (κ3) is 2.57. The molecular formula is C10H9FN4O2. The summed E-state index contributed by atoms with van der Waals surface area (Å²) in [4.78, 5) is 16.6. The average molecular weight is 236 g/mol. The van der Waals surface area contributed by atoms with Gasteiger partial charge in [0, 0.05) is 18.3 Å². The fourth-order valence-corrected chi connectivity index (χ4v) is 1.33. The van der Waals surface area contributed by atoms with Gasteiger partial charge in [-0.25, -0.2) is 9.37 Å². The molecule has 88 valence electrons. The van der Waals surface area contributed by atoms with Gasteiger partial charge in [-0.1, -0.05) is 0 Å². The number of anilines is 1. The molecule has 1 heterocycles. The molecule has 0 bridgehead atoms. The maximum absolute atomic E-state index is 13.4. The smallest absolute Gasteiger partial charge is 0.271 e. The Balaban J connectivity index is 2.14. The van der Waals surface area contributed by atoms with Crippen molar-refractivity contribution >= 4 is 11.4 Å². The van der Waals surface area contributed by atoms with Crippen molar-refractivity contribution in [1.82, 2.24) is 9.97 Å². The van der Waals surface area contributed by atoms with Crippen molar-refractivity contribution in [3.63, 3.8) is 0 Å². The molecule has 1 aromatic heterocycles. The lowest BCUT2D eigenvalue weighted by Gasteiger charge is -2.05. The van der Waals surface area contributed by atoms with E-state index in [1.165, 1.54) is 6.33 Å². The zero-order chi connectivity index (χ0) is 12.3. The summed E-state index contributed by atoms with van der Waals surface area (Å²) in [6, 6.07) is 3.34. The van der Waals surface area contributed by atoms with Crippen molar-refractivity contribution in [3.05, 3.63) is 52.3 Å². The molecular weight excluding hydrogens is 227 g/mol. The monoisotopic (exact) mass is 236 g/mol. The Hall–Kier alpha value is -2.44. The first kappa shape index (κ1) is 11.1. The molecule has 1 aromatic carbocycles. The van der Waals surface area contributed by atoms with E-state index in [0.29, 0.717) is 6.54 Å². The highest BCUT2D eigenvalue weighted by molar-refractivity contribution is 5.52. The van der Waals surface area contributed by atoms with Crippen LogP contribution >= 0.6 is 0 Å². The third-order valence-electron chi connectivity index (χ3n) is 2.18. The lowest BCUT2D eigenvalue weighted by Crippen LogP contribution is -2.02. The number of nitro benzene ring substituents is 1. The second-order valence-corrected chi connectivity index (χ2v) is 3.35. The lowest BCUT2D eigenvalue weighted by atomic mass is 10.2. The van der Waals surface area contributed by atoms with Gasteiger partial charge >= 0.3 is 0 Å². The lowest BCUT2D eigenvalue weighted by molar-refractivity contribution is -0.384. The summed E-state index contributed by atoms with van der Waals surface area (Å²) < 4.78 is 13.4. The van der Waals surface area contributed by atoms with Gasteiger partial charge in [0.05, 0.1) is 29.2 Å². The number of hydrogen-bond donors (Lipinski definition) is 2. The molecule has 0 spiro atoms. The summed E-state index contributed by atoms with van der Waals surface area (Å²) in [5.74, 6) is -0.532. The molecule has 0 aliphatic carbocycles. The van der Waals surface area contributed by atoms with E-state index in [-0.39, 0.29) is 11.4 Å². The van der Waals surface area contributed by atoms with Crippen molar-refractivity contribution in [2.75, 3.05) is 5.32 Å². The molecule has 0 amide bonds. The van der Waals surface area contributed by atoms with E-state index in [1.54, 1.807) is 6.20 Å². The minimum absolute atomic E-state index is 0.0915. The van der Waals surface area contributed by atoms with Gasteiger partial charge < -0.3 is 10.3 Å². The number of nitrogens with zero attached hydrogens (tertiary/aromatic N) is 2. The van der Waals surface area contributed by atoms with Crippen LogP contribution in [0.1, 0.15) is 5.69 Å². The van der Waals surface area contributed by atoms with Gasteiger partial charge in [-0.05, 0) is 6.07 Å². The number of rotatable bonds is 4. The second kappa shape index (κ2) is 4.60. The summed E-state index contributed by atoms with van der Waals surface area (Å²) in [6.45, 7) is 0.318. The molecule has 2 rings (SSSR count). The number of non-ortho nitro benzene ring substituents is 1. The second-order valence-electron chi connectivity index (χ2n) is 3.35. The van der Waals surface area contributed by atoms with E-state index in [0.717, 1.165) is 23.9 Å². The van der Waals surface area contributed by atoms with Gasteiger partial charge in [0.25, 0.3) is 5.69 Å². The molecule has 0 saturated carbocycles. The number of nitrogens with one attached hydrogen (secondary N) is 2. The fourth-order valence-electron chi connectivity index (χ4n) is 1.33. The summed E-state index contributed by atoms with van der Waals surface area (Å²) in [5, 5.41) is 13.3. The van der Waals surface area contributed by atoms with Gasteiger partial charge in [0.1, 0.15) is 5.82 Å². The zero-order valence-corrected chi connectivity index (χ0v) is 8.68. The molecule has 0 aliphatic rings. The number of imidazole rings is 1. The normalized spacial score (nSPS) is 10.2. The summed E-state index contributed by atoms with van der Waals surface area (Å²) in [6.07, 6.45) is 3.09. The molecule has 0 fully saturated rings. The predicted octanol–water partition coefficient (Wildman–Crippen LogP) is 2.07. The largest absolute Gasteiger partial charge is 0.377 e. The minimum Gasteiger partial charge on any atom is -0.377 e. The zero-order valence-electron chi connectivity index (χ0n) is 8.68. The number of aromatic amines is 1. The van der Waals surface area contributed by atoms with Crippen LogP contribution < -0.4 is 5.32 Å². The van der Waals surface area contributed by atoms with Gasteiger partial charge in [-0.3, -0.25) is 10.1 Å². The highest BCUT2D eigenvalue weighted by Gasteiger charge is 2.10. The third-order valence-corrected chi connectivity index (χ3v) is 2.18. The highest BCUT2D eigenvalue weighted by atomic mass is 19.1. The van der Waals surface area contributed by atoms with Crippen LogP contribution in [-0.4, -0.2) is 14.9 Å². The Labute approximate surface area is 95.7 Å². The van der Waals surface area contributed by atoms with E-state index >= 15 is 0 Å². The fraction of sp³-hybridized carbons (Fsp3) is 0.100. The molecule has 7 heteroatoms. The number of nitro groups is 1. The van der Waals surface area contributed by atoms with Gasteiger partial charge in [0.2, 0.25) is 0 Å². The van der Waals surface area contributed by atoms with E-state index in [2.05, 4.69) is 15.3 Å². The van der Waals surface area contributed by atoms with Crippen LogP contribution in [0.3, 0.4) is 0 Å². The van der Waals surface area contributed by atoms with Crippen molar-refractivity contribution in [2.45, 2.75) is 6.54 Å². The van der Waals surface area contributed by atoms with Crippen LogP contribution in [0, 0.1) is 15.9 Å². The van der Waals surface area contributed by atoms with Crippen LogP contribution in [0.4, 0.5) is 15.8 Å². The maximum Gasteiger partial charge on any atom is 0.271 e. The SMILES string of the molecule is O=[N+]([O-])c1ccc(F)c(NCc2cnc[nH]2)c1. The summed E-state index contributed by atoms with van der Waals surface area (Å²) >= 11 is 0. The molecule has 0 radical (unpaired) electrons. The summed E-state index contributed by atoms with van der Waals surface area (Å²) in [5.41, 5.74) is 0.697. The van der Waals surface area contributed by atoms with E-state index in [1.807, 2.05) is 0 Å². The Morgan fingerprint density at radius 1 is 1.53 bits per heavy atom. The molecule has 0 unspecified atom stereocenters. The first-order valence-corrected chi connectivity index (χ1v) is 4.82. The van der Waals surface area contributed by atoms with Crippen molar-refractivity contribution < 1.29 is 9.31 Å². The topological polar surface area (TPSA) is 83.8 Å². The van der Waals surface area contributed by atoms with Crippen molar-refractivity contribution in [3.8, 4) is 0 Å². The maximum atomic E-state index is 13.4. The highest BCUT2D eigenvalue weighted by Crippen LogP contribution is 2.21. The molecule has 17 heavy (non-hydrogen) atoms. The van der Waals surface area contributed by atoms with E-state index in [9.17, 15) is 14.5 Å². The standard InChI is InChI=1S/C10H9FN4O2/c11-9-2-1-8(15(16)17)3-10(9)13-5-7-4-12-6-14-7/h1-4,6,13H,5H2,(H,12,14). The summed E-state index contributed by atoms with van der Waals surface area (Å²) in [7, 11) is 0. The van der Waals surface area contributed by atoms with Crippen molar-refractivity contribution in [2.24, 2.45) is 0 Å². The Bertz CT molecular complexity index is 527.